The average Bonchev–Trinajstić information content (AvgIpc) is 2.96. The molecule has 0 saturated carbocycles. The number of rotatable bonds is 4. The maximum absolute atomic E-state index is 11.9. The number of amides is 1. The van der Waals surface area contributed by atoms with E-state index in [1.807, 2.05) is 54.6 Å². The van der Waals surface area contributed by atoms with Gasteiger partial charge >= 0.3 is 5.97 Å². The van der Waals surface area contributed by atoms with Crippen molar-refractivity contribution in [1.29, 1.82) is 0 Å². The monoisotopic (exact) mass is 311 g/mol. The SMILES string of the molecule is COC(=O)[C@H]1C[C@H](Oc2ccc(-c3ccccc3)cc2)C(=O)N1. The van der Waals surface area contributed by atoms with Crippen molar-refractivity contribution >= 4 is 11.9 Å². The number of hydrogen-bond donors (Lipinski definition) is 1. The van der Waals surface area contributed by atoms with E-state index in [1.165, 1.54) is 7.11 Å². The molecule has 1 fully saturated rings. The number of carbonyl (C=O) groups excluding carboxylic acids is 2. The molecule has 0 radical (unpaired) electrons. The molecule has 5 nitrogen and oxygen atoms in total. The number of esters is 1. The first-order valence-corrected chi connectivity index (χ1v) is 7.38. The summed E-state index contributed by atoms with van der Waals surface area (Å²) < 4.78 is 10.3. The van der Waals surface area contributed by atoms with Crippen LogP contribution in [0.4, 0.5) is 0 Å². The van der Waals surface area contributed by atoms with E-state index in [-0.39, 0.29) is 12.3 Å². The first-order chi connectivity index (χ1) is 11.2. The molecule has 0 aromatic heterocycles. The van der Waals surface area contributed by atoms with Crippen LogP contribution in [0, 0.1) is 0 Å². The van der Waals surface area contributed by atoms with Crippen molar-refractivity contribution in [3.05, 3.63) is 54.6 Å². The molecule has 0 aliphatic carbocycles. The highest BCUT2D eigenvalue weighted by atomic mass is 16.5. The van der Waals surface area contributed by atoms with Crippen LogP contribution >= 0.6 is 0 Å². The highest BCUT2D eigenvalue weighted by Gasteiger charge is 2.38. The highest BCUT2D eigenvalue weighted by Crippen LogP contribution is 2.24. The van der Waals surface area contributed by atoms with E-state index in [0.717, 1.165) is 11.1 Å². The van der Waals surface area contributed by atoms with E-state index in [1.54, 1.807) is 0 Å². The number of benzene rings is 2. The summed E-state index contributed by atoms with van der Waals surface area (Å²) >= 11 is 0. The zero-order valence-electron chi connectivity index (χ0n) is 12.7. The summed E-state index contributed by atoms with van der Waals surface area (Å²) in [6.45, 7) is 0. The fourth-order valence-electron chi connectivity index (χ4n) is 2.56. The lowest BCUT2D eigenvalue weighted by Crippen LogP contribution is -2.34. The van der Waals surface area contributed by atoms with Crippen LogP contribution in [0.1, 0.15) is 6.42 Å². The second kappa shape index (κ2) is 6.52. The van der Waals surface area contributed by atoms with E-state index in [9.17, 15) is 9.59 Å². The van der Waals surface area contributed by atoms with E-state index in [4.69, 9.17) is 4.74 Å². The summed E-state index contributed by atoms with van der Waals surface area (Å²) in [5.74, 6) is -0.160. The lowest BCUT2D eigenvalue weighted by Gasteiger charge is -2.11. The van der Waals surface area contributed by atoms with Gasteiger partial charge in [-0.15, -0.1) is 0 Å². The molecule has 1 N–H and O–H groups in total. The molecule has 2 aromatic rings. The van der Waals surface area contributed by atoms with Crippen LogP contribution in [0.25, 0.3) is 11.1 Å². The van der Waals surface area contributed by atoms with Gasteiger partial charge in [0.25, 0.3) is 5.91 Å². The Morgan fingerprint density at radius 3 is 2.35 bits per heavy atom. The maximum Gasteiger partial charge on any atom is 0.328 e. The van der Waals surface area contributed by atoms with Crippen molar-refractivity contribution in [2.75, 3.05) is 7.11 Å². The summed E-state index contributed by atoms with van der Waals surface area (Å²) in [7, 11) is 1.30. The van der Waals surface area contributed by atoms with Crippen LogP contribution in [-0.2, 0) is 14.3 Å². The second-order valence-corrected chi connectivity index (χ2v) is 5.32. The van der Waals surface area contributed by atoms with Gasteiger partial charge in [-0.1, -0.05) is 42.5 Å². The summed E-state index contributed by atoms with van der Waals surface area (Å²) in [4.78, 5) is 23.3. The molecular formula is C18H17NO4. The van der Waals surface area contributed by atoms with Crippen LogP contribution < -0.4 is 10.1 Å². The Hall–Kier alpha value is -2.82. The normalized spacial score (nSPS) is 20.0. The Kier molecular flexibility index (Phi) is 4.28. The number of methoxy groups -OCH3 is 1. The van der Waals surface area contributed by atoms with E-state index < -0.39 is 18.1 Å². The first-order valence-electron chi connectivity index (χ1n) is 7.38. The number of hydrogen-bond acceptors (Lipinski definition) is 4. The number of carbonyl (C=O) groups is 2. The van der Waals surface area contributed by atoms with E-state index in [0.29, 0.717) is 5.75 Å². The minimum Gasteiger partial charge on any atom is -0.481 e. The lowest BCUT2D eigenvalue weighted by atomic mass is 10.1. The number of nitrogens with one attached hydrogen (secondary N) is 1. The minimum absolute atomic E-state index is 0.270. The summed E-state index contributed by atoms with van der Waals surface area (Å²) in [6, 6.07) is 16.9. The topological polar surface area (TPSA) is 64.6 Å². The fourth-order valence-corrected chi connectivity index (χ4v) is 2.56. The predicted octanol–water partition coefficient (Wildman–Crippen LogP) is 2.16. The van der Waals surface area contributed by atoms with Gasteiger partial charge < -0.3 is 14.8 Å². The van der Waals surface area contributed by atoms with Gasteiger partial charge in [0.1, 0.15) is 11.8 Å². The zero-order chi connectivity index (χ0) is 16.2. The predicted molar refractivity (Wildman–Crippen MR) is 84.9 cm³/mol. The molecule has 1 aliphatic rings. The van der Waals surface area contributed by atoms with Crippen molar-refractivity contribution in [1.82, 2.24) is 5.32 Å². The molecule has 1 amide bonds. The van der Waals surface area contributed by atoms with Crippen molar-refractivity contribution in [3.63, 3.8) is 0 Å². The van der Waals surface area contributed by atoms with Crippen LogP contribution in [-0.4, -0.2) is 31.1 Å². The fraction of sp³-hybridized carbons (Fsp3) is 0.222. The largest absolute Gasteiger partial charge is 0.481 e. The van der Waals surface area contributed by atoms with Crippen LogP contribution in [0.3, 0.4) is 0 Å². The van der Waals surface area contributed by atoms with Gasteiger partial charge in [0, 0.05) is 6.42 Å². The summed E-state index contributed by atoms with van der Waals surface area (Å²) in [5.41, 5.74) is 2.18. The van der Waals surface area contributed by atoms with Crippen LogP contribution in [0.5, 0.6) is 5.75 Å². The van der Waals surface area contributed by atoms with Crippen molar-refractivity contribution in [2.45, 2.75) is 18.6 Å². The lowest BCUT2D eigenvalue weighted by molar-refractivity contribution is -0.143. The van der Waals surface area contributed by atoms with Crippen LogP contribution in [0.2, 0.25) is 0 Å². The second-order valence-electron chi connectivity index (χ2n) is 5.32. The standard InChI is InChI=1S/C18H17NO4/c1-22-18(21)15-11-16(17(20)19-15)23-14-9-7-13(8-10-14)12-5-3-2-4-6-12/h2-10,15-16H,11H2,1H3,(H,19,20)/t15-,16+/m1/s1. The van der Waals surface area contributed by atoms with Gasteiger partial charge in [0.15, 0.2) is 6.10 Å². The van der Waals surface area contributed by atoms with Crippen molar-refractivity contribution < 1.29 is 19.1 Å². The van der Waals surface area contributed by atoms with Gasteiger partial charge in [0.05, 0.1) is 7.11 Å². The molecule has 1 heterocycles. The third kappa shape index (κ3) is 3.34. The molecule has 23 heavy (non-hydrogen) atoms. The Balaban J connectivity index is 1.67. The maximum atomic E-state index is 11.9. The van der Waals surface area contributed by atoms with Gasteiger partial charge in [-0.05, 0) is 23.3 Å². The van der Waals surface area contributed by atoms with Crippen molar-refractivity contribution in [3.8, 4) is 16.9 Å². The average molecular weight is 311 g/mol. The van der Waals surface area contributed by atoms with Gasteiger partial charge in [-0.25, -0.2) is 4.79 Å². The molecular weight excluding hydrogens is 294 g/mol. The van der Waals surface area contributed by atoms with E-state index >= 15 is 0 Å². The quantitative estimate of drug-likeness (QED) is 0.879. The van der Waals surface area contributed by atoms with E-state index in [2.05, 4.69) is 10.1 Å². The van der Waals surface area contributed by atoms with Gasteiger partial charge in [0.2, 0.25) is 0 Å². The third-order valence-electron chi connectivity index (χ3n) is 3.78. The molecule has 2 aromatic carbocycles. The first kappa shape index (κ1) is 15.1. The molecule has 118 valence electrons. The Morgan fingerprint density at radius 1 is 1.04 bits per heavy atom. The molecule has 0 spiro atoms. The zero-order valence-corrected chi connectivity index (χ0v) is 12.7. The molecule has 1 aliphatic heterocycles. The molecule has 2 atom stereocenters. The minimum atomic E-state index is -0.679. The van der Waals surface area contributed by atoms with Crippen LogP contribution in [0.15, 0.2) is 54.6 Å². The Bertz CT molecular complexity index is 697. The van der Waals surface area contributed by atoms with Crippen molar-refractivity contribution in [2.24, 2.45) is 0 Å². The highest BCUT2D eigenvalue weighted by molar-refractivity contribution is 5.91. The number of ether oxygens (including phenoxy) is 2. The summed E-state index contributed by atoms with van der Waals surface area (Å²) in [6.07, 6.45) is -0.409. The molecule has 3 rings (SSSR count). The third-order valence-corrected chi connectivity index (χ3v) is 3.78. The molecule has 0 bridgehead atoms. The van der Waals surface area contributed by atoms with Gasteiger partial charge in [-0.2, -0.15) is 0 Å². The molecule has 1 saturated heterocycles. The Morgan fingerprint density at radius 2 is 1.70 bits per heavy atom. The van der Waals surface area contributed by atoms with Gasteiger partial charge in [-0.3, -0.25) is 4.79 Å². The summed E-state index contributed by atoms with van der Waals surface area (Å²) in [5, 5.41) is 2.57. The smallest absolute Gasteiger partial charge is 0.328 e. The molecule has 0 unspecified atom stereocenters. The Labute approximate surface area is 134 Å². The molecule has 5 heteroatoms.